The summed E-state index contributed by atoms with van der Waals surface area (Å²) in [6.07, 6.45) is 4.48. The molecule has 0 bridgehead atoms. The Morgan fingerprint density at radius 3 is 3.11 bits per heavy atom. The van der Waals surface area contributed by atoms with E-state index in [1.165, 1.54) is 5.56 Å². The smallest absolute Gasteiger partial charge is 0.0730 e. The van der Waals surface area contributed by atoms with Gasteiger partial charge in [-0.15, -0.1) is 0 Å². The first-order valence-corrected chi connectivity index (χ1v) is 2.84. The first-order chi connectivity index (χ1) is 4.47. The van der Waals surface area contributed by atoms with Gasteiger partial charge in [-0.3, -0.25) is 0 Å². The second-order valence-electron chi connectivity index (χ2n) is 1.98. The van der Waals surface area contributed by atoms with Crippen molar-refractivity contribution in [3.05, 3.63) is 24.5 Å². The second-order valence-corrected chi connectivity index (χ2v) is 1.98. The Balaban J connectivity index is 2.54. The summed E-state index contributed by atoms with van der Waals surface area (Å²) in [5.74, 6) is 0. The van der Waals surface area contributed by atoms with Crippen LogP contribution in [-0.4, -0.2) is 10.2 Å². The van der Waals surface area contributed by atoms with Gasteiger partial charge in [0.05, 0.1) is 24.6 Å². The van der Waals surface area contributed by atoms with E-state index in [2.05, 4.69) is 15.5 Å². The SMILES string of the molecule is [CH]1Cc2cnncc2N1. The molecule has 1 aromatic heterocycles. The normalized spacial score (nSPS) is 14.7. The van der Waals surface area contributed by atoms with E-state index in [1.807, 2.05) is 6.54 Å². The number of hydrogen-bond acceptors (Lipinski definition) is 3. The van der Waals surface area contributed by atoms with Crippen LogP contribution in [0.25, 0.3) is 0 Å². The van der Waals surface area contributed by atoms with Crippen LogP contribution in [0.5, 0.6) is 0 Å². The van der Waals surface area contributed by atoms with Crippen LogP contribution in [-0.2, 0) is 6.42 Å². The molecule has 3 nitrogen and oxygen atoms in total. The Hall–Kier alpha value is -1.12. The van der Waals surface area contributed by atoms with Crippen LogP contribution >= 0.6 is 0 Å². The number of rotatable bonds is 0. The minimum absolute atomic E-state index is 0.963. The molecule has 1 N–H and O–H groups in total. The van der Waals surface area contributed by atoms with Gasteiger partial charge in [0.2, 0.25) is 0 Å². The number of fused-ring (bicyclic) bond motifs is 1. The van der Waals surface area contributed by atoms with Crippen molar-refractivity contribution in [1.29, 1.82) is 0 Å². The highest BCUT2D eigenvalue weighted by Gasteiger charge is 2.08. The van der Waals surface area contributed by atoms with Gasteiger partial charge in [0.15, 0.2) is 0 Å². The van der Waals surface area contributed by atoms with Crippen LogP contribution in [0.2, 0.25) is 0 Å². The average molecular weight is 120 g/mol. The molecular weight excluding hydrogens is 114 g/mol. The quantitative estimate of drug-likeness (QED) is 0.545. The summed E-state index contributed by atoms with van der Waals surface area (Å²) >= 11 is 0. The molecule has 0 unspecified atom stereocenters. The molecular formula is C6H6N3. The average Bonchev–Trinajstić information content (AvgIpc) is 2.33. The molecule has 2 heterocycles. The van der Waals surface area contributed by atoms with Gasteiger partial charge < -0.3 is 5.32 Å². The largest absolute Gasteiger partial charge is 0.378 e. The van der Waals surface area contributed by atoms with Crippen molar-refractivity contribution in [1.82, 2.24) is 10.2 Å². The molecule has 3 heteroatoms. The van der Waals surface area contributed by atoms with E-state index in [-0.39, 0.29) is 0 Å². The number of hydrogen-bond donors (Lipinski definition) is 1. The summed E-state index contributed by atoms with van der Waals surface area (Å²) in [6, 6.07) is 0. The Labute approximate surface area is 53.1 Å². The van der Waals surface area contributed by atoms with Crippen LogP contribution < -0.4 is 5.32 Å². The standard InChI is InChI=1S/C6H6N3/c1-2-7-6-4-9-8-3-5(1)6/h2-4,7H,1H2. The van der Waals surface area contributed by atoms with Crippen molar-refractivity contribution < 1.29 is 0 Å². The summed E-state index contributed by atoms with van der Waals surface area (Å²) in [5.41, 5.74) is 2.31. The molecule has 1 aliphatic rings. The predicted molar refractivity (Wildman–Crippen MR) is 33.7 cm³/mol. The van der Waals surface area contributed by atoms with Gasteiger partial charge in [0.1, 0.15) is 0 Å². The Morgan fingerprint density at radius 2 is 2.22 bits per heavy atom. The predicted octanol–water partition coefficient (Wildman–Crippen LogP) is 0.606. The fourth-order valence-corrected chi connectivity index (χ4v) is 0.910. The highest BCUT2D eigenvalue weighted by atomic mass is 15.1. The number of anilines is 1. The molecule has 0 saturated carbocycles. The van der Waals surface area contributed by atoms with Crippen molar-refractivity contribution in [2.24, 2.45) is 0 Å². The van der Waals surface area contributed by atoms with Gasteiger partial charge in [-0.2, -0.15) is 10.2 Å². The molecule has 0 saturated heterocycles. The van der Waals surface area contributed by atoms with Crippen LogP contribution in [0.1, 0.15) is 5.56 Å². The van der Waals surface area contributed by atoms with Gasteiger partial charge in [-0.1, -0.05) is 0 Å². The summed E-state index contributed by atoms with van der Waals surface area (Å²) in [7, 11) is 0. The zero-order valence-corrected chi connectivity index (χ0v) is 4.83. The Bertz CT molecular complexity index is 198. The maximum atomic E-state index is 3.75. The molecule has 0 aliphatic carbocycles. The first kappa shape index (κ1) is 4.73. The van der Waals surface area contributed by atoms with E-state index in [0.717, 1.165) is 12.1 Å². The van der Waals surface area contributed by atoms with Gasteiger partial charge in [0.25, 0.3) is 0 Å². The van der Waals surface area contributed by atoms with E-state index < -0.39 is 0 Å². The molecule has 1 radical (unpaired) electrons. The molecule has 9 heavy (non-hydrogen) atoms. The second kappa shape index (κ2) is 1.69. The van der Waals surface area contributed by atoms with E-state index in [4.69, 9.17) is 0 Å². The third-order valence-electron chi connectivity index (χ3n) is 1.39. The highest BCUT2D eigenvalue weighted by molar-refractivity contribution is 5.54. The van der Waals surface area contributed by atoms with Crippen LogP contribution in [0.3, 0.4) is 0 Å². The van der Waals surface area contributed by atoms with Gasteiger partial charge in [0, 0.05) is 0 Å². The Kier molecular flexibility index (Phi) is 0.886. The van der Waals surface area contributed by atoms with E-state index in [1.54, 1.807) is 12.4 Å². The zero-order valence-electron chi connectivity index (χ0n) is 4.83. The highest BCUT2D eigenvalue weighted by Crippen LogP contribution is 2.20. The third kappa shape index (κ3) is 0.650. The molecule has 45 valence electrons. The van der Waals surface area contributed by atoms with Crippen LogP contribution in [0.15, 0.2) is 12.4 Å². The molecule has 0 spiro atoms. The lowest BCUT2D eigenvalue weighted by Gasteiger charge is -1.92. The van der Waals surface area contributed by atoms with Crippen LogP contribution in [0.4, 0.5) is 5.69 Å². The van der Waals surface area contributed by atoms with Gasteiger partial charge in [-0.25, -0.2) is 0 Å². The van der Waals surface area contributed by atoms with Gasteiger partial charge >= 0.3 is 0 Å². The summed E-state index contributed by atoms with van der Waals surface area (Å²) in [5, 5.41) is 10.5. The van der Waals surface area contributed by atoms with E-state index in [0.29, 0.717) is 0 Å². The summed E-state index contributed by atoms with van der Waals surface area (Å²) in [4.78, 5) is 0. The van der Waals surface area contributed by atoms with Crippen molar-refractivity contribution in [2.45, 2.75) is 6.42 Å². The fraction of sp³-hybridized carbons (Fsp3) is 0.167. The first-order valence-electron chi connectivity index (χ1n) is 2.84. The van der Waals surface area contributed by atoms with Gasteiger partial charge in [-0.05, 0) is 12.0 Å². The Morgan fingerprint density at radius 1 is 1.33 bits per heavy atom. The molecule has 2 rings (SSSR count). The van der Waals surface area contributed by atoms with E-state index >= 15 is 0 Å². The third-order valence-corrected chi connectivity index (χ3v) is 1.39. The van der Waals surface area contributed by atoms with Crippen molar-refractivity contribution in [3.8, 4) is 0 Å². The molecule has 1 aromatic rings. The number of nitrogens with zero attached hydrogens (tertiary/aromatic N) is 2. The molecule has 1 aliphatic heterocycles. The van der Waals surface area contributed by atoms with Crippen molar-refractivity contribution in [2.75, 3.05) is 5.32 Å². The van der Waals surface area contributed by atoms with E-state index in [9.17, 15) is 0 Å². The lowest BCUT2D eigenvalue weighted by atomic mass is 10.2. The summed E-state index contributed by atoms with van der Waals surface area (Å²) < 4.78 is 0. The molecule has 0 atom stereocenters. The topological polar surface area (TPSA) is 37.8 Å². The number of aromatic nitrogens is 2. The lowest BCUT2D eigenvalue weighted by Crippen LogP contribution is -1.85. The monoisotopic (exact) mass is 120 g/mol. The summed E-state index contributed by atoms with van der Waals surface area (Å²) in [6.45, 7) is 1.99. The van der Waals surface area contributed by atoms with Crippen LogP contribution in [0, 0.1) is 6.54 Å². The fourth-order valence-electron chi connectivity index (χ4n) is 0.910. The number of nitrogens with one attached hydrogen (secondary N) is 1. The minimum Gasteiger partial charge on any atom is -0.378 e. The minimum atomic E-state index is 0.963. The lowest BCUT2D eigenvalue weighted by molar-refractivity contribution is 1.02. The molecule has 0 aromatic carbocycles. The zero-order chi connectivity index (χ0) is 6.10. The molecule has 0 fully saturated rings. The maximum absolute atomic E-state index is 3.75. The molecule has 0 amide bonds. The van der Waals surface area contributed by atoms with Crippen molar-refractivity contribution >= 4 is 5.69 Å². The van der Waals surface area contributed by atoms with Crippen molar-refractivity contribution in [3.63, 3.8) is 0 Å². The maximum Gasteiger partial charge on any atom is 0.0730 e.